The maximum absolute atomic E-state index is 13.2. The van der Waals surface area contributed by atoms with Gasteiger partial charge in [-0.05, 0) is 36.6 Å². The van der Waals surface area contributed by atoms with E-state index in [-0.39, 0.29) is 18.3 Å². The van der Waals surface area contributed by atoms with Crippen molar-refractivity contribution in [2.75, 3.05) is 24.6 Å². The second kappa shape index (κ2) is 4.83. The average Bonchev–Trinajstić information content (AvgIpc) is 2.81. The third-order valence-electron chi connectivity index (χ3n) is 3.24. The lowest BCUT2D eigenvalue weighted by Crippen LogP contribution is -2.20. The van der Waals surface area contributed by atoms with E-state index in [1.165, 1.54) is 18.9 Å². The predicted octanol–water partition coefficient (Wildman–Crippen LogP) is 2.52. The molecule has 0 amide bonds. The van der Waals surface area contributed by atoms with Crippen molar-refractivity contribution in [3.8, 4) is 0 Å². The highest BCUT2D eigenvalue weighted by atomic mass is 19.1. The third kappa shape index (κ3) is 2.19. The number of anilines is 1. The van der Waals surface area contributed by atoms with Gasteiger partial charge in [0, 0.05) is 31.3 Å². The van der Waals surface area contributed by atoms with Crippen LogP contribution in [0.1, 0.15) is 31.2 Å². The van der Waals surface area contributed by atoms with Crippen LogP contribution in [0.3, 0.4) is 0 Å². The van der Waals surface area contributed by atoms with Crippen LogP contribution in [0.5, 0.6) is 0 Å². The van der Waals surface area contributed by atoms with Gasteiger partial charge in [-0.2, -0.15) is 0 Å². The van der Waals surface area contributed by atoms with Gasteiger partial charge in [-0.25, -0.2) is 4.39 Å². The van der Waals surface area contributed by atoms with Crippen molar-refractivity contribution in [1.82, 2.24) is 0 Å². The Balaban J connectivity index is 2.34. The van der Waals surface area contributed by atoms with E-state index in [1.807, 2.05) is 13.0 Å². The molecule has 1 saturated heterocycles. The largest absolute Gasteiger partial charge is 0.396 e. The summed E-state index contributed by atoms with van der Waals surface area (Å²) >= 11 is 0. The molecule has 1 aliphatic rings. The molecule has 0 saturated carbocycles. The van der Waals surface area contributed by atoms with E-state index in [0.29, 0.717) is 0 Å². The number of benzene rings is 1. The summed E-state index contributed by atoms with van der Waals surface area (Å²) in [4.78, 5) is 2.28. The van der Waals surface area contributed by atoms with Gasteiger partial charge < -0.3 is 10.0 Å². The first-order valence-electron chi connectivity index (χ1n) is 5.87. The van der Waals surface area contributed by atoms with Crippen LogP contribution in [0, 0.1) is 5.82 Å². The van der Waals surface area contributed by atoms with Crippen molar-refractivity contribution in [2.24, 2.45) is 0 Å². The molecule has 2 nitrogen and oxygen atoms in total. The van der Waals surface area contributed by atoms with Crippen LogP contribution in [0.2, 0.25) is 0 Å². The molecule has 0 radical (unpaired) electrons. The average molecular weight is 223 g/mol. The van der Waals surface area contributed by atoms with Crippen LogP contribution in [0.25, 0.3) is 0 Å². The SMILES string of the molecule is CC(CO)c1cc(F)ccc1N1CCCC1. The standard InChI is InChI=1S/C13H18FNO/c1-10(9-16)12-8-11(14)4-5-13(12)15-6-2-3-7-15/h4-5,8,10,16H,2-3,6-7,9H2,1H3. The highest BCUT2D eigenvalue weighted by Crippen LogP contribution is 2.30. The zero-order valence-electron chi connectivity index (χ0n) is 9.62. The maximum atomic E-state index is 13.2. The molecular formula is C13H18FNO. The molecule has 3 heteroatoms. The Morgan fingerprint density at radius 3 is 2.69 bits per heavy atom. The van der Waals surface area contributed by atoms with Gasteiger partial charge in [0.2, 0.25) is 0 Å². The Labute approximate surface area is 95.7 Å². The fourth-order valence-corrected chi connectivity index (χ4v) is 2.26. The summed E-state index contributed by atoms with van der Waals surface area (Å²) in [6, 6.07) is 4.89. The van der Waals surface area contributed by atoms with E-state index in [9.17, 15) is 9.50 Å². The van der Waals surface area contributed by atoms with E-state index in [2.05, 4.69) is 4.90 Å². The molecule has 16 heavy (non-hydrogen) atoms. The minimum Gasteiger partial charge on any atom is -0.396 e. The van der Waals surface area contributed by atoms with E-state index in [1.54, 1.807) is 6.07 Å². The topological polar surface area (TPSA) is 23.5 Å². The smallest absolute Gasteiger partial charge is 0.123 e. The molecule has 0 spiro atoms. The Morgan fingerprint density at radius 1 is 1.38 bits per heavy atom. The van der Waals surface area contributed by atoms with Gasteiger partial charge in [-0.1, -0.05) is 6.92 Å². The normalized spacial score (nSPS) is 17.8. The van der Waals surface area contributed by atoms with Crippen LogP contribution < -0.4 is 4.90 Å². The summed E-state index contributed by atoms with van der Waals surface area (Å²) in [6.07, 6.45) is 2.40. The van der Waals surface area contributed by atoms with Gasteiger partial charge in [0.1, 0.15) is 5.82 Å². The summed E-state index contributed by atoms with van der Waals surface area (Å²) in [6.45, 7) is 4.06. The van der Waals surface area contributed by atoms with Crippen molar-refractivity contribution < 1.29 is 9.50 Å². The molecule has 1 unspecified atom stereocenters. The first-order valence-corrected chi connectivity index (χ1v) is 5.87. The lowest BCUT2D eigenvalue weighted by atomic mass is 9.99. The first kappa shape index (κ1) is 11.4. The number of halogens is 1. The molecule has 1 heterocycles. The van der Waals surface area contributed by atoms with Gasteiger partial charge >= 0.3 is 0 Å². The molecule has 1 N–H and O–H groups in total. The minimum absolute atomic E-state index is 0.00806. The molecule has 0 bridgehead atoms. The quantitative estimate of drug-likeness (QED) is 0.851. The van der Waals surface area contributed by atoms with E-state index in [0.717, 1.165) is 24.3 Å². The summed E-state index contributed by atoms with van der Waals surface area (Å²) < 4.78 is 13.2. The molecule has 1 aliphatic heterocycles. The molecule has 1 aromatic carbocycles. The molecule has 88 valence electrons. The molecule has 2 rings (SSSR count). The third-order valence-corrected chi connectivity index (χ3v) is 3.24. The summed E-state index contributed by atoms with van der Waals surface area (Å²) in [5.74, 6) is -0.232. The maximum Gasteiger partial charge on any atom is 0.123 e. The Kier molecular flexibility index (Phi) is 3.44. The van der Waals surface area contributed by atoms with Gasteiger partial charge in [0.25, 0.3) is 0 Å². The molecule has 0 aliphatic carbocycles. The fraction of sp³-hybridized carbons (Fsp3) is 0.538. The molecule has 1 aromatic rings. The number of aliphatic hydroxyl groups is 1. The van der Waals surface area contributed by atoms with Crippen LogP contribution >= 0.6 is 0 Å². The number of rotatable bonds is 3. The number of hydrogen-bond acceptors (Lipinski definition) is 2. The summed E-state index contributed by atoms with van der Waals surface area (Å²) in [7, 11) is 0. The van der Waals surface area contributed by atoms with Crippen LogP contribution in [-0.4, -0.2) is 24.8 Å². The summed E-state index contributed by atoms with van der Waals surface area (Å²) in [5.41, 5.74) is 2.00. The first-order chi connectivity index (χ1) is 7.72. The van der Waals surface area contributed by atoms with Gasteiger partial charge in [-0.15, -0.1) is 0 Å². The highest BCUT2D eigenvalue weighted by Gasteiger charge is 2.18. The minimum atomic E-state index is -0.224. The number of hydrogen-bond donors (Lipinski definition) is 1. The van der Waals surface area contributed by atoms with Crippen molar-refractivity contribution in [1.29, 1.82) is 0 Å². The highest BCUT2D eigenvalue weighted by molar-refractivity contribution is 5.55. The van der Waals surface area contributed by atoms with E-state index >= 15 is 0 Å². The second-order valence-corrected chi connectivity index (χ2v) is 4.48. The van der Waals surface area contributed by atoms with E-state index < -0.39 is 0 Å². The van der Waals surface area contributed by atoms with Gasteiger partial charge in [0.15, 0.2) is 0 Å². The van der Waals surface area contributed by atoms with Crippen molar-refractivity contribution >= 4 is 5.69 Å². The molecule has 1 atom stereocenters. The number of aliphatic hydroxyl groups excluding tert-OH is 1. The lowest BCUT2D eigenvalue weighted by Gasteiger charge is -2.23. The lowest BCUT2D eigenvalue weighted by molar-refractivity contribution is 0.273. The van der Waals surface area contributed by atoms with Gasteiger partial charge in [-0.3, -0.25) is 0 Å². The van der Waals surface area contributed by atoms with Crippen LogP contribution in [0.15, 0.2) is 18.2 Å². The van der Waals surface area contributed by atoms with Crippen LogP contribution in [0.4, 0.5) is 10.1 Å². The number of nitrogens with zero attached hydrogens (tertiary/aromatic N) is 1. The van der Waals surface area contributed by atoms with E-state index in [4.69, 9.17) is 0 Å². The summed E-state index contributed by atoms with van der Waals surface area (Å²) in [5, 5.41) is 9.21. The molecular weight excluding hydrogens is 205 g/mol. The fourth-order valence-electron chi connectivity index (χ4n) is 2.26. The second-order valence-electron chi connectivity index (χ2n) is 4.48. The zero-order chi connectivity index (χ0) is 11.5. The zero-order valence-corrected chi connectivity index (χ0v) is 9.62. The van der Waals surface area contributed by atoms with Crippen molar-refractivity contribution in [3.63, 3.8) is 0 Å². The van der Waals surface area contributed by atoms with Crippen molar-refractivity contribution in [2.45, 2.75) is 25.7 Å². The van der Waals surface area contributed by atoms with Crippen molar-refractivity contribution in [3.05, 3.63) is 29.6 Å². The predicted molar refractivity (Wildman–Crippen MR) is 63.3 cm³/mol. The Morgan fingerprint density at radius 2 is 2.06 bits per heavy atom. The Hall–Kier alpha value is -1.09. The Bertz CT molecular complexity index is 361. The molecule has 0 aromatic heterocycles. The molecule has 1 fully saturated rings. The van der Waals surface area contributed by atoms with Gasteiger partial charge in [0.05, 0.1) is 0 Å². The monoisotopic (exact) mass is 223 g/mol. The van der Waals surface area contributed by atoms with Crippen LogP contribution in [-0.2, 0) is 0 Å².